The van der Waals surface area contributed by atoms with Gasteiger partial charge in [0.05, 0.1) is 6.61 Å². The van der Waals surface area contributed by atoms with Gasteiger partial charge in [0.15, 0.2) is 0 Å². The van der Waals surface area contributed by atoms with E-state index in [4.69, 9.17) is 14.2 Å². The minimum Gasteiger partial charge on any atom is -0.381 e. The number of rotatable bonds is 6. The highest BCUT2D eigenvalue weighted by atomic mass is 16.7. The highest BCUT2D eigenvalue weighted by Gasteiger charge is 2.01. The molecule has 3 nitrogen and oxygen atoms in total. The summed E-state index contributed by atoms with van der Waals surface area (Å²) in [5, 5.41) is 0. The molecule has 0 N–H and O–H groups in total. The second-order valence-corrected chi connectivity index (χ2v) is 2.85. The van der Waals surface area contributed by atoms with Crippen LogP contribution >= 0.6 is 0 Å². The van der Waals surface area contributed by atoms with Gasteiger partial charge in [0.2, 0.25) is 6.29 Å². The molecule has 0 aliphatic carbocycles. The number of allylic oxidation sites excluding steroid dienone is 1. The van der Waals surface area contributed by atoms with Gasteiger partial charge in [0.25, 0.3) is 0 Å². The molecule has 0 aromatic carbocycles. The Kier molecular flexibility index (Phi) is 9.19. The van der Waals surface area contributed by atoms with Crippen LogP contribution in [0.15, 0.2) is 11.6 Å². The molecular weight excluding hydrogens is 192 g/mol. The second-order valence-electron chi connectivity index (χ2n) is 2.85. The Labute approximate surface area is 92.4 Å². The predicted molar refractivity (Wildman–Crippen MR) is 60.4 cm³/mol. The summed E-state index contributed by atoms with van der Waals surface area (Å²) in [6, 6.07) is 0. The first-order valence-electron chi connectivity index (χ1n) is 5.15. The van der Waals surface area contributed by atoms with Crippen molar-refractivity contribution in [1.29, 1.82) is 0 Å². The van der Waals surface area contributed by atoms with E-state index in [1.807, 2.05) is 26.8 Å². The molecule has 0 fully saturated rings. The van der Waals surface area contributed by atoms with Gasteiger partial charge in [-0.25, -0.2) is 0 Å². The minimum absolute atomic E-state index is 0.425. The lowest BCUT2D eigenvalue weighted by Crippen LogP contribution is -2.14. The molecule has 0 heterocycles. The average Bonchev–Trinajstić information content (AvgIpc) is 2.23. The fourth-order valence-electron chi connectivity index (χ4n) is 0.866. The van der Waals surface area contributed by atoms with Crippen LogP contribution in [0, 0.1) is 11.8 Å². The van der Waals surface area contributed by atoms with Gasteiger partial charge in [-0.3, -0.25) is 0 Å². The van der Waals surface area contributed by atoms with Gasteiger partial charge < -0.3 is 14.2 Å². The lowest BCUT2D eigenvalue weighted by molar-refractivity contribution is -0.0969. The van der Waals surface area contributed by atoms with Crippen molar-refractivity contribution in [1.82, 2.24) is 0 Å². The van der Waals surface area contributed by atoms with Gasteiger partial charge in [0.1, 0.15) is 0 Å². The van der Waals surface area contributed by atoms with Crippen LogP contribution in [-0.4, -0.2) is 33.2 Å². The summed E-state index contributed by atoms with van der Waals surface area (Å²) >= 11 is 0. The van der Waals surface area contributed by atoms with E-state index in [2.05, 4.69) is 11.8 Å². The molecule has 0 aliphatic rings. The molecule has 0 saturated heterocycles. The lowest BCUT2D eigenvalue weighted by atomic mass is 10.3. The van der Waals surface area contributed by atoms with Crippen molar-refractivity contribution in [2.45, 2.75) is 27.1 Å². The molecular formula is C12H20O3. The molecule has 0 bridgehead atoms. The number of ether oxygens (including phenoxy) is 3. The average molecular weight is 212 g/mol. The zero-order valence-corrected chi connectivity index (χ0v) is 10.0. The van der Waals surface area contributed by atoms with E-state index in [9.17, 15) is 0 Å². The third-order valence-corrected chi connectivity index (χ3v) is 1.58. The number of methoxy groups -OCH3 is 1. The molecule has 0 aliphatic heterocycles. The van der Waals surface area contributed by atoms with E-state index in [1.54, 1.807) is 7.11 Å². The van der Waals surface area contributed by atoms with E-state index in [0.29, 0.717) is 19.8 Å². The van der Waals surface area contributed by atoms with E-state index in [0.717, 1.165) is 5.57 Å². The van der Waals surface area contributed by atoms with Crippen LogP contribution in [0.2, 0.25) is 0 Å². The molecule has 0 amide bonds. The van der Waals surface area contributed by atoms with Crippen LogP contribution < -0.4 is 0 Å². The van der Waals surface area contributed by atoms with Crippen molar-refractivity contribution in [3.63, 3.8) is 0 Å². The van der Waals surface area contributed by atoms with Crippen molar-refractivity contribution < 1.29 is 14.2 Å². The van der Waals surface area contributed by atoms with Crippen molar-refractivity contribution in [3.05, 3.63) is 11.6 Å². The minimum atomic E-state index is -0.425. The molecule has 0 spiro atoms. The first kappa shape index (κ1) is 14.2. The van der Waals surface area contributed by atoms with E-state index in [-0.39, 0.29) is 0 Å². The van der Waals surface area contributed by atoms with Crippen LogP contribution in [0.25, 0.3) is 0 Å². The standard InChI is InChI=1S/C12H20O3/c1-5-14-12(15-6-2)8-7-11(3)9-10-13-4/h9,12H,5-6,10H2,1-4H3/b11-9+. The fraction of sp³-hybridized carbons (Fsp3) is 0.667. The molecule has 15 heavy (non-hydrogen) atoms. The maximum absolute atomic E-state index is 5.28. The second kappa shape index (κ2) is 9.72. The molecule has 0 unspecified atom stereocenters. The van der Waals surface area contributed by atoms with Crippen LogP contribution in [0.4, 0.5) is 0 Å². The summed E-state index contributed by atoms with van der Waals surface area (Å²) in [5.74, 6) is 5.88. The Balaban J connectivity index is 4.17. The summed E-state index contributed by atoms with van der Waals surface area (Å²) in [6.07, 6.45) is 1.49. The van der Waals surface area contributed by atoms with Crippen LogP contribution in [0.3, 0.4) is 0 Å². The fourth-order valence-corrected chi connectivity index (χ4v) is 0.866. The number of hydrogen-bond acceptors (Lipinski definition) is 3. The Morgan fingerprint density at radius 1 is 1.27 bits per heavy atom. The number of hydrogen-bond donors (Lipinski definition) is 0. The summed E-state index contributed by atoms with van der Waals surface area (Å²) in [4.78, 5) is 0. The maximum Gasteiger partial charge on any atom is 0.222 e. The maximum atomic E-state index is 5.28. The van der Waals surface area contributed by atoms with Gasteiger partial charge in [-0.1, -0.05) is 5.92 Å². The first-order valence-corrected chi connectivity index (χ1v) is 5.15. The van der Waals surface area contributed by atoms with E-state index in [1.165, 1.54) is 0 Å². The van der Waals surface area contributed by atoms with Gasteiger partial charge in [-0.15, -0.1) is 0 Å². The van der Waals surface area contributed by atoms with Crippen LogP contribution in [0.5, 0.6) is 0 Å². The molecule has 0 saturated carbocycles. The van der Waals surface area contributed by atoms with Crippen LogP contribution in [0.1, 0.15) is 20.8 Å². The first-order chi connectivity index (χ1) is 7.24. The smallest absolute Gasteiger partial charge is 0.222 e. The molecule has 0 aromatic rings. The van der Waals surface area contributed by atoms with Gasteiger partial charge in [0, 0.05) is 20.3 Å². The molecule has 86 valence electrons. The molecule has 0 radical (unpaired) electrons. The molecule has 3 heteroatoms. The summed E-state index contributed by atoms with van der Waals surface area (Å²) < 4.78 is 15.5. The topological polar surface area (TPSA) is 27.7 Å². The van der Waals surface area contributed by atoms with Gasteiger partial charge in [-0.2, -0.15) is 0 Å². The van der Waals surface area contributed by atoms with Crippen molar-refractivity contribution in [2.75, 3.05) is 26.9 Å². The third kappa shape index (κ3) is 8.19. The van der Waals surface area contributed by atoms with E-state index < -0.39 is 6.29 Å². The SMILES string of the molecule is CCOC(C#C/C(C)=C/COC)OCC. The Hall–Kier alpha value is -0.820. The third-order valence-electron chi connectivity index (χ3n) is 1.58. The highest BCUT2D eigenvalue weighted by Crippen LogP contribution is 1.95. The normalized spacial score (nSPS) is 11.4. The lowest BCUT2D eigenvalue weighted by Gasteiger charge is -2.09. The molecule has 0 atom stereocenters. The Morgan fingerprint density at radius 2 is 1.87 bits per heavy atom. The largest absolute Gasteiger partial charge is 0.381 e. The molecule has 0 aromatic heterocycles. The predicted octanol–water partition coefficient (Wildman–Crippen LogP) is 1.98. The van der Waals surface area contributed by atoms with Crippen molar-refractivity contribution >= 4 is 0 Å². The highest BCUT2D eigenvalue weighted by molar-refractivity contribution is 5.27. The van der Waals surface area contributed by atoms with Crippen LogP contribution in [-0.2, 0) is 14.2 Å². The summed E-state index contributed by atoms with van der Waals surface area (Å²) in [5.41, 5.74) is 0.959. The monoisotopic (exact) mass is 212 g/mol. The van der Waals surface area contributed by atoms with Crippen molar-refractivity contribution in [3.8, 4) is 11.8 Å². The Morgan fingerprint density at radius 3 is 2.33 bits per heavy atom. The zero-order valence-electron chi connectivity index (χ0n) is 10.0. The summed E-state index contributed by atoms with van der Waals surface area (Å²) in [7, 11) is 1.65. The van der Waals surface area contributed by atoms with E-state index >= 15 is 0 Å². The molecule has 0 rings (SSSR count). The summed E-state index contributed by atoms with van der Waals surface area (Å²) in [6.45, 7) is 7.54. The van der Waals surface area contributed by atoms with Gasteiger partial charge >= 0.3 is 0 Å². The van der Waals surface area contributed by atoms with Gasteiger partial charge in [-0.05, 0) is 38.3 Å². The quantitative estimate of drug-likeness (QED) is 0.498. The van der Waals surface area contributed by atoms with Crippen molar-refractivity contribution in [2.24, 2.45) is 0 Å². The Bertz CT molecular complexity index is 229. The zero-order chi connectivity index (χ0) is 11.5.